The van der Waals surface area contributed by atoms with E-state index in [0.717, 1.165) is 11.1 Å². The maximum absolute atomic E-state index is 13.6. The number of amides is 2. The Morgan fingerprint density at radius 1 is 0.933 bits per heavy atom. The van der Waals surface area contributed by atoms with E-state index in [1.807, 2.05) is 74.5 Å². The summed E-state index contributed by atoms with van der Waals surface area (Å²) in [6.07, 6.45) is 6.16. The average molecular weight is 634 g/mol. The van der Waals surface area contributed by atoms with Gasteiger partial charge in [0.1, 0.15) is 6.04 Å². The number of hydrogen-bond donors (Lipinski definition) is 3. The van der Waals surface area contributed by atoms with E-state index in [1.54, 1.807) is 12.1 Å². The first-order valence-electron chi connectivity index (χ1n) is 15.0. The van der Waals surface area contributed by atoms with Crippen LogP contribution < -0.4 is 10.6 Å². The van der Waals surface area contributed by atoms with Gasteiger partial charge in [0, 0.05) is 30.6 Å². The van der Waals surface area contributed by atoms with Gasteiger partial charge in [-0.15, -0.1) is 6.42 Å². The number of benzene rings is 3. The van der Waals surface area contributed by atoms with Crippen molar-refractivity contribution in [3.8, 4) is 12.3 Å². The minimum Gasteiger partial charge on any atom is -0.453 e. The van der Waals surface area contributed by atoms with Crippen LogP contribution in [0.2, 0.25) is 0 Å². The minimum absolute atomic E-state index is 0.0273. The number of sulfonamides is 1. The molecule has 0 aromatic heterocycles. The molecule has 3 rings (SSSR count). The zero-order chi connectivity index (χ0) is 32.8. The second-order valence-corrected chi connectivity index (χ2v) is 13.1. The first-order chi connectivity index (χ1) is 21.6. The van der Waals surface area contributed by atoms with Gasteiger partial charge in [0.2, 0.25) is 15.9 Å². The summed E-state index contributed by atoms with van der Waals surface area (Å²) in [5, 5.41) is 15.9. The fourth-order valence-electron chi connectivity index (χ4n) is 5.20. The molecule has 0 fully saturated rings. The maximum atomic E-state index is 13.6. The molecule has 0 saturated carbocycles. The fraction of sp³-hybridized carbons (Fsp3) is 0.371. The number of unbranched alkanes of at least 4 members (excludes halogenated alkanes) is 1. The molecule has 0 spiro atoms. The molecule has 0 radical (unpaired) electrons. The number of methoxy groups -OCH3 is 1. The number of rotatable bonds is 16. The lowest BCUT2D eigenvalue weighted by Crippen LogP contribution is -2.50. The second-order valence-electron chi connectivity index (χ2n) is 11.2. The number of terminal acetylenes is 1. The predicted octanol–water partition coefficient (Wildman–Crippen LogP) is 4.52. The number of aliphatic hydroxyl groups is 1. The largest absolute Gasteiger partial charge is 0.453 e. The Bertz CT molecular complexity index is 1470. The van der Waals surface area contributed by atoms with E-state index in [4.69, 9.17) is 11.2 Å². The van der Waals surface area contributed by atoms with Gasteiger partial charge in [-0.25, -0.2) is 13.2 Å². The number of hydrogen-bond acceptors (Lipinski definition) is 6. The van der Waals surface area contributed by atoms with Gasteiger partial charge in [-0.1, -0.05) is 86.9 Å². The van der Waals surface area contributed by atoms with Crippen LogP contribution in [0, 0.1) is 18.3 Å². The van der Waals surface area contributed by atoms with Crippen molar-refractivity contribution in [3.63, 3.8) is 0 Å². The molecule has 3 aromatic rings. The summed E-state index contributed by atoms with van der Waals surface area (Å²) in [5.74, 6) is 1.66. The van der Waals surface area contributed by atoms with Crippen LogP contribution in [0.1, 0.15) is 55.7 Å². The summed E-state index contributed by atoms with van der Waals surface area (Å²) in [5.41, 5.74) is 2.28. The third-order valence-corrected chi connectivity index (χ3v) is 9.38. The molecule has 0 aliphatic rings. The second kappa shape index (κ2) is 17.4. The van der Waals surface area contributed by atoms with Crippen molar-refractivity contribution < 1.29 is 27.9 Å². The number of ether oxygens (including phenoxy) is 1. The molecular weight excluding hydrogens is 590 g/mol. The smallest absolute Gasteiger partial charge is 0.407 e. The van der Waals surface area contributed by atoms with Gasteiger partial charge in [-0.2, -0.15) is 4.31 Å². The van der Waals surface area contributed by atoms with Gasteiger partial charge >= 0.3 is 6.09 Å². The Hall–Kier alpha value is -4.17. The molecule has 3 aromatic carbocycles. The molecule has 0 unspecified atom stereocenters. The molecule has 0 saturated heterocycles. The Labute approximate surface area is 267 Å². The van der Waals surface area contributed by atoms with E-state index in [-0.39, 0.29) is 36.4 Å². The Morgan fingerprint density at radius 3 is 2.00 bits per heavy atom. The van der Waals surface area contributed by atoms with Crippen molar-refractivity contribution in [2.24, 2.45) is 5.92 Å². The van der Waals surface area contributed by atoms with Crippen molar-refractivity contribution in [3.05, 3.63) is 102 Å². The van der Waals surface area contributed by atoms with Crippen LogP contribution in [0.25, 0.3) is 0 Å². The lowest BCUT2D eigenvalue weighted by atomic mass is 9.84. The van der Waals surface area contributed by atoms with Crippen molar-refractivity contribution in [2.45, 2.75) is 56.0 Å². The van der Waals surface area contributed by atoms with Crippen LogP contribution in [0.4, 0.5) is 4.79 Å². The molecule has 45 heavy (non-hydrogen) atoms. The number of nitrogens with zero attached hydrogens (tertiary/aromatic N) is 1. The highest BCUT2D eigenvalue weighted by Gasteiger charge is 2.33. The molecule has 0 bridgehead atoms. The van der Waals surface area contributed by atoms with Gasteiger partial charge in [-0.3, -0.25) is 4.79 Å². The van der Waals surface area contributed by atoms with Gasteiger partial charge in [0.15, 0.2) is 0 Å². The highest BCUT2D eigenvalue weighted by atomic mass is 32.2. The molecule has 3 N–H and O–H groups in total. The zero-order valence-corrected chi connectivity index (χ0v) is 26.9. The van der Waals surface area contributed by atoms with Crippen LogP contribution in [0.5, 0.6) is 0 Å². The zero-order valence-electron chi connectivity index (χ0n) is 26.1. The number of carbonyl (C=O) groups excluding carboxylic acids is 2. The van der Waals surface area contributed by atoms with Crippen molar-refractivity contribution in [1.82, 2.24) is 14.9 Å². The molecule has 240 valence electrons. The van der Waals surface area contributed by atoms with E-state index in [9.17, 15) is 23.1 Å². The van der Waals surface area contributed by atoms with Crippen LogP contribution in [-0.2, 0) is 19.6 Å². The van der Waals surface area contributed by atoms with E-state index in [0.29, 0.717) is 24.8 Å². The first kappa shape index (κ1) is 35.3. The van der Waals surface area contributed by atoms with Gasteiger partial charge in [0.25, 0.3) is 0 Å². The van der Waals surface area contributed by atoms with Crippen LogP contribution in [0.3, 0.4) is 0 Å². The minimum atomic E-state index is -3.89. The van der Waals surface area contributed by atoms with Gasteiger partial charge < -0.3 is 20.5 Å². The highest BCUT2D eigenvalue weighted by Crippen LogP contribution is 2.29. The number of carbonyl (C=O) groups is 2. The summed E-state index contributed by atoms with van der Waals surface area (Å²) in [4.78, 5) is 26.0. The van der Waals surface area contributed by atoms with Crippen molar-refractivity contribution >= 4 is 22.0 Å². The summed E-state index contributed by atoms with van der Waals surface area (Å²) in [7, 11) is -2.65. The van der Waals surface area contributed by atoms with Crippen molar-refractivity contribution in [1.29, 1.82) is 0 Å². The average Bonchev–Trinajstić information content (AvgIpc) is 3.06. The predicted molar refractivity (Wildman–Crippen MR) is 175 cm³/mol. The first-order valence-corrected chi connectivity index (χ1v) is 16.5. The van der Waals surface area contributed by atoms with Gasteiger partial charge in [-0.05, 0) is 54.2 Å². The lowest BCUT2D eigenvalue weighted by Gasteiger charge is -2.31. The molecule has 0 aliphatic heterocycles. The summed E-state index contributed by atoms with van der Waals surface area (Å²) >= 11 is 0. The third-order valence-electron chi connectivity index (χ3n) is 7.45. The van der Waals surface area contributed by atoms with Crippen LogP contribution in [0.15, 0.2) is 89.8 Å². The molecule has 2 amide bonds. The topological polar surface area (TPSA) is 125 Å². The van der Waals surface area contributed by atoms with E-state index >= 15 is 0 Å². The number of alkyl carbamates (subject to hydrolysis) is 1. The number of nitrogens with one attached hydrogen (secondary N) is 2. The molecule has 0 aliphatic carbocycles. The Balaban J connectivity index is 1.70. The molecule has 10 heteroatoms. The molecular formula is C35H43N3O6S. The van der Waals surface area contributed by atoms with E-state index in [1.165, 1.54) is 23.5 Å². The molecule has 9 nitrogen and oxygen atoms in total. The highest BCUT2D eigenvalue weighted by molar-refractivity contribution is 7.89. The lowest BCUT2D eigenvalue weighted by molar-refractivity contribution is -0.123. The van der Waals surface area contributed by atoms with Crippen LogP contribution >= 0.6 is 0 Å². The fourth-order valence-corrected chi connectivity index (χ4v) is 7.01. The summed E-state index contributed by atoms with van der Waals surface area (Å²) < 4.78 is 33.4. The normalized spacial score (nSPS) is 12.8. The van der Waals surface area contributed by atoms with E-state index < -0.39 is 34.1 Å². The standard InChI is InChI=1S/C35H43N3O6S/c1-5-27-19-21-31(22-20-27)45(42,43)38(24-26(2)3)30(25-39)18-12-13-23-36-34(40)33(37-35(41)44-4)32(28-14-8-6-9-15-28)29-16-10-7-11-17-29/h1,6-11,14-17,19-22,26,30,32-33,39H,12-13,18,23-25H2,2-4H3,(H,36,40)(H,37,41)/t30-,33-/m0/s1. The Kier molecular flexibility index (Phi) is 13.6. The number of aliphatic hydroxyl groups excluding tert-OH is 1. The Morgan fingerprint density at radius 2 is 1.51 bits per heavy atom. The van der Waals surface area contributed by atoms with Gasteiger partial charge in [0.05, 0.1) is 18.6 Å². The third kappa shape index (κ3) is 9.91. The monoisotopic (exact) mass is 633 g/mol. The quantitative estimate of drug-likeness (QED) is 0.157. The van der Waals surface area contributed by atoms with Crippen molar-refractivity contribution in [2.75, 3.05) is 26.8 Å². The molecule has 2 atom stereocenters. The SMILES string of the molecule is C#Cc1ccc(S(=O)(=O)N(CC(C)C)[C@H](CO)CCCCNC(=O)[C@@H](NC(=O)OC)C(c2ccccc2)c2ccccc2)cc1. The summed E-state index contributed by atoms with van der Waals surface area (Å²) in [6.45, 7) is 4.02. The van der Waals surface area contributed by atoms with Crippen LogP contribution in [-0.4, -0.2) is 68.7 Å². The van der Waals surface area contributed by atoms with E-state index in [2.05, 4.69) is 16.6 Å². The maximum Gasteiger partial charge on any atom is 0.407 e. The molecule has 0 heterocycles. The summed E-state index contributed by atoms with van der Waals surface area (Å²) in [6, 6.07) is 23.5.